The molecule has 3 N–H and O–H groups in total. The molecule has 0 fully saturated rings. The Morgan fingerprint density at radius 3 is 2.50 bits per heavy atom. The SMILES string of the molecule is Cc1ncsc1CN(C)S(=O)(=O)c1cnc(NN)nc1. The molecule has 0 spiro atoms. The number of anilines is 1. The van der Waals surface area contributed by atoms with E-state index < -0.39 is 10.0 Å². The molecule has 0 saturated heterocycles. The van der Waals surface area contributed by atoms with Gasteiger partial charge in [0.2, 0.25) is 16.0 Å². The Morgan fingerprint density at radius 1 is 1.35 bits per heavy atom. The number of thiazole rings is 1. The molecule has 0 unspecified atom stereocenters. The average molecular weight is 314 g/mol. The Morgan fingerprint density at radius 2 is 2.00 bits per heavy atom. The molecule has 8 nitrogen and oxygen atoms in total. The highest BCUT2D eigenvalue weighted by molar-refractivity contribution is 7.89. The molecule has 108 valence electrons. The van der Waals surface area contributed by atoms with Gasteiger partial charge >= 0.3 is 0 Å². The number of hydrazine groups is 1. The van der Waals surface area contributed by atoms with Crippen molar-refractivity contribution in [2.45, 2.75) is 18.4 Å². The quantitative estimate of drug-likeness (QED) is 0.604. The van der Waals surface area contributed by atoms with Crippen LogP contribution in [-0.4, -0.2) is 34.7 Å². The second-order valence-electron chi connectivity index (χ2n) is 4.01. The molecule has 0 amide bonds. The van der Waals surface area contributed by atoms with E-state index in [0.29, 0.717) is 0 Å². The molecular formula is C10H14N6O2S2. The van der Waals surface area contributed by atoms with Gasteiger partial charge in [0.25, 0.3) is 0 Å². The van der Waals surface area contributed by atoms with E-state index in [4.69, 9.17) is 5.84 Å². The Bertz CT molecular complexity index is 682. The summed E-state index contributed by atoms with van der Waals surface area (Å²) in [6.45, 7) is 2.10. The zero-order valence-corrected chi connectivity index (χ0v) is 12.6. The van der Waals surface area contributed by atoms with Gasteiger partial charge in [-0.1, -0.05) is 0 Å². The van der Waals surface area contributed by atoms with Gasteiger partial charge in [-0.3, -0.25) is 5.43 Å². The van der Waals surface area contributed by atoms with Crippen LogP contribution in [0.15, 0.2) is 22.8 Å². The van der Waals surface area contributed by atoms with Crippen LogP contribution in [0, 0.1) is 6.92 Å². The lowest BCUT2D eigenvalue weighted by atomic mass is 10.4. The molecule has 0 saturated carbocycles. The van der Waals surface area contributed by atoms with Gasteiger partial charge in [0.15, 0.2) is 0 Å². The van der Waals surface area contributed by atoms with Gasteiger partial charge in [-0.05, 0) is 6.92 Å². The third kappa shape index (κ3) is 2.93. The van der Waals surface area contributed by atoms with Crippen molar-refractivity contribution in [3.8, 4) is 0 Å². The lowest BCUT2D eigenvalue weighted by Gasteiger charge is -2.16. The Hall–Kier alpha value is -1.62. The number of nitrogens with two attached hydrogens (primary N) is 1. The highest BCUT2D eigenvalue weighted by Crippen LogP contribution is 2.19. The molecule has 2 heterocycles. The van der Waals surface area contributed by atoms with Crippen LogP contribution in [0.2, 0.25) is 0 Å². The normalized spacial score (nSPS) is 11.8. The largest absolute Gasteiger partial charge is 0.292 e. The van der Waals surface area contributed by atoms with E-state index in [-0.39, 0.29) is 17.4 Å². The molecule has 2 aromatic rings. The molecule has 0 radical (unpaired) electrons. The standard InChI is InChI=1S/C10H14N6O2S2/c1-7-9(19-6-14-7)5-16(2)20(17,18)8-3-12-10(15-11)13-4-8/h3-4,6H,5,11H2,1-2H3,(H,12,13,15). The number of rotatable bonds is 5. The number of hydrogen-bond donors (Lipinski definition) is 2. The summed E-state index contributed by atoms with van der Waals surface area (Å²) >= 11 is 1.42. The van der Waals surface area contributed by atoms with Gasteiger partial charge in [0.1, 0.15) is 4.90 Å². The second-order valence-corrected chi connectivity index (χ2v) is 6.99. The van der Waals surface area contributed by atoms with Gasteiger partial charge in [0, 0.05) is 18.5 Å². The van der Waals surface area contributed by atoms with E-state index in [0.717, 1.165) is 10.6 Å². The first-order valence-corrected chi connectivity index (χ1v) is 7.91. The van der Waals surface area contributed by atoms with Gasteiger partial charge in [-0.25, -0.2) is 29.2 Å². The molecular weight excluding hydrogens is 300 g/mol. The molecule has 0 atom stereocenters. The lowest BCUT2D eigenvalue weighted by Crippen LogP contribution is -2.26. The van der Waals surface area contributed by atoms with Crippen LogP contribution in [0.5, 0.6) is 0 Å². The summed E-state index contributed by atoms with van der Waals surface area (Å²) in [7, 11) is -2.13. The molecule has 10 heteroatoms. The fourth-order valence-electron chi connectivity index (χ4n) is 1.47. The number of nitrogens with zero attached hydrogens (tertiary/aromatic N) is 4. The maximum absolute atomic E-state index is 12.3. The van der Waals surface area contributed by atoms with E-state index in [1.54, 1.807) is 5.51 Å². The Kier molecular flexibility index (Phi) is 4.28. The van der Waals surface area contributed by atoms with Gasteiger partial charge in [-0.2, -0.15) is 4.31 Å². The van der Waals surface area contributed by atoms with E-state index in [1.165, 1.54) is 35.1 Å². The molecule has 0 aromatic carbocycles. The first-order valence-electron chi connectivity index (χ1n) is 5.59. The van der Waals surface area contributed by atoms with Crippen LogP contribution in [0.1, 0.15) is 10.6 Å². The van der Waals surface area contributed by atoms with Crippen LogP contribution in [-0.2, 0) is 16.6 Å². The zero-order chi connectivity index (χ0) is 14.8. The molecule has 0 aliphatic carbocycles. The van der Waals surface area contributed by atoms with Crippen LogP contribution in [0.4, 0.5) is 5.95 Å². The maximum Gasteiger partial charge on any atom is 0.246 e. The maximum atomic E-state index is 12.3. The first kappa shape index (κ1) is 14.8. The van der Waals surface area contributed by atoms with Crippen molar-refractivity contribution in [3.63, 3.8) is 0 Å². The fraction of sp³-hybridized carbons (Fsp3) is 0.300. The highest BCUT2D eigenvalue weighted by Gasteiger charge is 2.23. The topological polar surface area (TPSA) is 114 Å². The third-order valence-electron chi connectivity index (χ3n) is 2.68. The van der Waals surface area contributed by atoms with Crippen LogP contribution < -0.4 is 11.3 Å². The van der Waals surface area contributed by atoms with Crippen molar-refractivity contribution >= 4 is 27.3 Å². The predicted molar refractivity (Wildman–Crippen MR) is 75.3 cm³/mol. The molecule has 0 aliphatic rings. The second kappa shape index (κ2) is 5.79. The van der Waals surface area contributed by atoms with Crippen LogP contribution >= 0.6 is 11.3 Å². The van der Waals surface area contributed by atoms with Crippen molar-refractivity contribution in [1.82, 2.24) is 19.3 Å². The first-order chi connectivity index (χ1) is 9.45. The summed E-state index contributed by atoms with van der Waals surface area (Å²) in [6, 6.07) is 0. The van der Waals surface area contributed by atoms with Crippen LogP contribution in [0.25, 0.3) is 0 Å². The number of aromatic nitrogens is 3. The van der Waals surface area contributed by atoms with Gasteiger partial charge in [0.05, 0.1) is 23.6 Å². The minimum atomic E-state index is -3.64. The molecule has 2 aromatic heterocycles. The molecule has 20 heavy (non-hydrogen) atoms. The Balaban J connectivity index is 2.22. The summed E-state index contributed by atoms with van der Waals surface area (Å²) in [6.07, 6.45) is 2.43. The number of hydrogen-bond acceptors (Lipinski definition) is 8. The summed E-state index contributed by atoms with van der Waals surface area (Å²) in [5.41, 5.74) is 4.76. The van der Waals surface area contributed by atoms with Crippen molar-refractivity contribution in [3.05, 3.63) is 28.5 Å². The highest BCUT2D eigenvalue weighted by atomic mass is 32.2. The fourth-order valence-corrected chi connectivity index (χ4v) is 3.41. The summed E-state index contributed by atoms with van der Waals surface area (Å²) in [4.78, 5) is 12.6. The van der Waals surface area contributed by atoms with Crippen molar-refractivity contribution in [2.75, 3.05) is 12.5 Å². The predicted octanol–water partition coefficient (Wildman–Crippen LogP) is 0.348. The van der Waals surface area contributed by atoms with E-state index in [9.17, 15) is 8.42 Å². The summed E-state index contributed by atoms with van der Waals surface area (Å²) in [5, 5.41) is 0. The van der Waals surface area contributed by atoms with Gasteiger partial charge < -0.3 is 0 Å². The minimum Gasteiger partial charge on any atom is -0.292 e. The zero-order valence-electron chi connectivity index (χ0n) is 10.9. The van der Waals surface area contributed by atoms with Crippen molar-refractivity contribution < 1.29 is 8.42 Å². The smallest absolute Gasteiger partial charge is 0.246 e. The number of sulfonamides is 1. The molecule has 0 bridgehead atoms. The number of aryl methyl sites for hydroxylation is 1. The molecule has 2 rings (SSSR count). The van der Waals surface area contributed by atoms with E-state index >= 15 is 0 Å². The summed E-state index contributed by atoms with van der Waals surface area (Å²) in [5.74, 6) is 5.29. The average Bonchev–Trinajstić information content (AvgIpc) is 2.84. The van der Waals surface area contributed by atoms with Crippen molar-refractivity contribution in [2.24, 2.45) is 5.84 Å². The van der Waals surface area contributed by atoms with Crippen LogP contribution in [0.3, 0.4) is 0 Å². The van der Waals surface area contributed by atoms with E-state index in [1.807, 2.05) is 6.92 Å². The van der Waals surface area contributed by atoms with E-state index in [2.05, 4.69) is 20.4 Å². The Labute approximate surface area is 120 Å². The summed E-state index contributed by atoms with van der Waals surface area (Å²) < 4.78 is 25.9. The number of nitrogen functional groups attached to an aromatic ring is 1. The monoisotopic (exact) mass is 314 g/mol. The van der Waals surface area contributed by atoms with Crippen molar-refractivity contribution in [1.29, 1.82) is 0 Å². The minimum absolute atomic E-state index is 0.0150. The number of nitrogens with one attached hydrogen (secondary N) is 1. The third-order valence-corrected chi connectivity index (χ3v) is 5.35. The molecule has 0 aliphatic heterocycles. The van der Waals surface area contributed by atoms with Gasteiger partial charge in [-0.15, -0.1) is 11.3 Å². The lowest BCUT2D eigenvalue weighted by molar-refractivity contribution is 0.468.